The van der Waals surface area contributed by atoms with E-state index in [-0.39, 0.29) is 0 Å². The number of thiophene rings is 1. The van der Waals surface area contributed by atoms with Gasteiger partial charge in [-0.3, -0.25) is 0 Å². The monoisotopic (exact) mass is 222 g/mol. The molecular weight excluding hydrogens is 208 g/mol. The molecule has 0 aliphatic carbocycles. The second kappa shape index (κ2) is 3.95. The smallest absolute Gasteiger partial charge is 0.0637 e. The minimum Gasteiger partial charge on any atom is -0.129 e. The molecule has 1 aromatic carbocycles. The van der Waals surface area contributed by atoms with E-state index < -0.39 is 0 Å². The van der Waals surface area contributed by atoms with Crippen LogP contribution >= 0.6 is 23.1 Å². The molecule has 2 aromatic rings. The summed E-state index contributed by atoms with van der Waals surface area (Å²) in [4.78, 5) is 0. The predicted octanol–water partition coefficient (Wildman–Crippen LogP) is 4.49. The molecule has 0 saturated carbocycles. The van der Waals surface area contributed by atoms with Crippen LogP contribution in [0, 0.1) is 6.92 Å². The van der Waals surface area contributed by atoms with E-state index in [1.807, 2.05) is 23.1 Å². The molecule has 0 radical (unpaired) electrons. The second-order valence-electron chi connectivity index (χ2n) is 3.40. The van der Waals surface area contributed by atoms with Crippen molar-refractivity contribution in [2.45, 2.75) is 24.5 Å². The van der Waals surface area contributed by atoms with E-state index in [0.29, 0.717) is 0 Å². The standard InChI is InChI=1S/C12H14S2/c1-4-9-5-6-10-8(2)12(13-3)14-11(10)7-9/h5-7H,4H2,1-3H3. The highest BCUT2D eigenvalue weighted by Crippen LogP contribution is 2.36. The summed E-state index contributed by atoms with van der Waals surface area (Å²) in [5, 5.41) is 1.43. The fourth-order valence-electron chi connectivity index (χ4n) is 1.66. The number of benzene rings is 1. The highest BCUT2D eigenvalue weighted by Gasteiger charge is 2.07. The fourth-order valence-corrected chi connectivity index (χ4v) is 3.69. The first-order chi connectivity index (χ1) is 6.76. The highest BCUT2D eigenvalue weighted by atomic mass is 32.2. The van der Waals surface area contributed by atoms with E-state index in [9.17, 15) is 0 Å². The Morgan fingerprint density at radius 2 is 2.14 bits per heavy atom. The van der Waals surface area contributed by atoms with Gasteiger partial charge in [-0.25, -0.2) is 0 Å². The van der Waals surface area contributed by atoms with Crippen molar-refractivity contribution in [2.24, 2.45) is 0 Å². The molecule has 74 valence electrons. The molecule has 0 aliphatic heterocycles. The Morgan fingerprint density at radius 1 is 1.36 bits per heavy atom. The van der Waals surface area contributed by atoms with Crippen molar-refractivity contribution in [1.82, 2.24) is 0 Å². The summed E-state index contributed by atoms with van der Waals surface area (Å²) in [6.45, 7) is 4.42. The number of aryl methyl sites for hydroxylation is 2. The van der Waals surface area contributed by atoms with Crippen molar-refractivity contribution in [3.05, 3.63) is 29.3 Å². The Morgan fingerprint density at radius 3 is 2.79 bits per heavy atom. The molecule has 14 heavy (non-hydrogen) atoms. The van der Waals surface area contributed by atoms with Gasteiger partial charge in [0, 0.05) is 4.70 Å². The molecule has 0 atom stereocenters. The van der Waals surface area contributed by atoms with Crippen LogP contribution in [0.25, 0.3) is 10.1 Å². The van der Waals surface area contributed by atoms with E-state index >= 15 is 0 Å². The normalized spacial score (nSPS) is 11.1. The number of hydrogen-bond donors (Lipinski definition) is 0. The van der Waals surface area contributed by atoms with Crippen molar-refractivity contribution in [3.8, 4) is 0 Å². The van der Waals surface area contributed by atoms with Gasteiger partial charge in [-0.05, 0) is 42.2 Å². The highest BCUT2D eigenvalue weighted by molar-refractivity contribution is 8.00. The lowest BCUT2D eigenvalue weighted by Crippen LogP contribution is -1.77. The summed E-state index contributed by atoms with van der Waals surface area (Å²) >= 11 is 3.77. The molecule has 0 amide bonds. The van der Waals surface area contributed by atoms with Gasteiger partial charge >= 0.3 is 0 Å². The van der Waals surface area contributed by atoms with E-state index in [4.69, 9.17) is 0 Å². The maximum absolute atomic E-state index is 2.33. The van der Waals surface area contributed by atoms with Crippen LogP contribution in [-0.2, 0) is 6.42 Å². The largest absolute Gasteiger partial charge is 0.129 e. The van der Waals surface area contributed by atoms with Crippen LogP contribution in [0.2, 0.25) is 0 Å². The number of fused-ring (bicyclic) bond motifs is 1. The molecule has 2 rings (SSSR count). The molecule has 2 heteroatoms. The summed E-state index contributed by atoms with van der Waals surface area (Å²) in [7, 11) is 0. The van der Waals surface area contributed by atoms with Gasteiger partial charge in [0.2, 0.25) is 0 Å². The lowest BCUT2D eigenvalue weighted by Gasteiger charge is -1.96. The second-order valence-corrected chi connectivity index (χ2v) is 5.53. The van der Waals surface area contributed by atoms with Crippen LogP contribution in [0.1, 0.15) is 18.1 Å². The van der Waals surface area contributed by atoms with Crippen molar-refractivity contribution in [3.63, 3.8) is 0 Å². The van der Waals surface area contributed by atoms with Gasteiger partial charge in [0.15, 0.2) is 0 Å². The Bertz CT molecular complexity index is 455. The maximum Gasteiger partial charge on any atom is 0.0637 e. The third-order valence-electron chi connectivity index (χ3n) is 2.55. The first-order valence-corrected chi connectivity index (χ1v) is 6.86. The lowest BCUT2D eigenvalue weighted by molar-refractivity contribution is 1.15. The molecule has 1 heterocycles. The zero-order chi connectivity index (χ0) is 10.1. The summed E-state index contributed by atoms with van der Waals surface area (Å²) in [6, 6.07) is 6.83. The van der Waals surface area contributed by atoms with Gasteiger partial charge in [0.05, 0.1) is 4.21 Å². The van der Waals surface area contributed by atoms with Crippen molar-refractivity contribution >= 4 is 33.2 Å². The average Bonchev–Trinajstić information content (AvgIpc) is 2.55. The van der Waals surface area contributed by atoms with E-state index in [1.165, 1.54) is 25.4 Å². The van der Waals surface area contributed by atoms with Gasteiger partial charge in [-0.2, -0.15) is 0 Å². The van der Waals surface area contributed by atoms with Crippen molar-refractivity contribution < 1.29 is 0 Å². The molecule has 0 spiro atoms. The van der Waals surface area contributed by atoms with Gasteiger partial charge in [-0.1, -0.05) is 19.1 Å². The summed E-state index contributed by atoms with van der Waals surface area (Å²) in [6.07, 6.45) is 3.28. The van der Waals surface area contributed by atoms with Gasteiger partial charge in [-0.15, -0.1) is 23.1 Å². The lowest BCUT2D eigenvalue weighted by atomic mass is 10.1. The zero-order valence-corrected chi connectivity index (χ0v) is 10.4. The van der Waals surface area contributed by atoms with Crippen LogP contribution in [0.4, 0.5) is 0 Å². The Kier molecular flexibility index (Phi) is 2.84. The molecule has 0 unspecified atom stereocenters. The summed E-state index contributed by atoms with van der Waals surface area (Å²) < 4.78 is 2.89. The molecule has 1 aromatic heterocycles. The number of thioether (sulfide) groups is 1. The zero-order valence-electron chi connectivity index (χ0n) is 8.76. The minimum absolute atomic E-state index is 1.13. The maximum atomic E-state index is 2.33. The Hall–Kier alpha value is -0.470. The SMILES string of the molecule is CCc1ccc2c(C)c(SC)sc2c1. The first-order valence-electron chi connectivity index (χ1n) is 4.82. The molecular formula is C12H14S2. The third-order valence-corrected chi connectivity index (χ3v) is 5.03. The molecule has 0 saturated heterocycles. The summed E-state index contributed by atoms with van der Waals surface area (Å²) in [5.74, 6) is 0. The molecule has 0 aliphatic rings. The van der Waals surface area contributed by atoms with E-state index in [0.717, 1.165) is 6.42 Å². The molecule has 0 fully saturated rings. The number of hydrogen-bond acceptors (Lipinski definition) is 2. The van der Waals surface area contributed by atoms with Crippen molar-refractivity contribution in [2.75, 3.05) is 6.26 Å². The quantitative estimate of drug-likeness (QED) is 0.674. The minimum atomic E-state index is 1.13. The van der Waals surface area contributed by atoms with Crippen molar-refractivity contribution in [1.29, 1.82) is 0 Å². The fraction of sp³-hybridized carbons (Fsp3) is 0.333. The van der Waals surface area contributed by atoms with Crippen LogP contribution in [-0.4, -0.2) is 6.26 Å². The molecule has 0 bridgehead atoms. The van der Waals surface area contributed by atoms with Crippen LogP contribution in [0.5, 0.6) is 0 Å². The summed E-state index contributed by atoms with van der Waals surface area (Å²) in [5.41, 5.74) is 2.88. The number of rotatable bonds is 2. The average molecular weight is 222 g/mol. The first kappa shape index (κ1) is 10.1. The van der Waals surface area contributed by atoms with E-state index in [2.05, 4.69) is 38.3 Å². The van der Waals surface area contributed by atoms with Crippen LogP contribution in [0.15, 0.2) is 22.4 Å². The Balaban J connectivity index is 2.66. The third kappa shape index (κ3) is 1.57. The van der Waals surface area contributed by atoms with Crippen LogP contribution < -0.4 is 0 Å². The molecule has 0 N–H and O–H groups in total. The van der Waals surface area contributed by atoms with Gasteiger partial charge in [0.25, 0.3) is 0 Å². The molecule has 0 nitrogen and oxygen atoms in total. The Labute approximate surface area is 93.3 Å². The van der Waals surface area contributed by atoms with E-state index in [1.54, 1.807) is 0 Å². The topological polar surface area (TPSA) is 0 Å². The van der Waals surface area contributed by atoms with Gasteiger partial charge in [0.1, 0.15) is 0 Å². The van der Waals surface area contributed by atoms with Crippen LogP contribution in [0.3, 0.4) is 0 Å². The van der Waals surface area contributed by atoms with Gasteiger partial charge < -0.3 is 0 Å². The predicted molar refractivity (Wildman–Crippen MR) is 67.7 cm³/mol.